The molecule has 4 rings (SSSR count). The molecule has 4 atom stereocenters. The summed E-state index contributed by atoms with van der Waals surface area (Å²) >= 11 is 0. The van der Waals surface area contributed by atoms with E-state index >= 15 is 0 Å². The third-order valence-electron chi connectivity index (χ3n) is 7.11. The van der Waals surface area contributed by atoms with Crippen molar-refractivity contribution >= 4 is 0 Å². The second-order valence-corrected chi connectivity index (χ2v) is 8.87. The van der Waals surface area contributed by atoms with Gasteiger partial charge in [-0.2, -0.15) is 0 Å². The van der Waals surface area contributed by atoms with Gasteiger partial charge in [0.2, 0.25) is 0 Å². The number of fused-ring (bicyclic) bond motifs is 2. The number of rotatable bonds is 4. The number of benzene rings is 1. The van der Waals surface area contributed by atoms with Crippen LogP contribution in [0.3, 0.4) is 0 Å². The van der Waals surface area contributed by atoms with Gasteiger partial charge in [0.25, 0.3) is 0 Å². The number of phenolic OH excluding ortho intramolecular Hbond substituents is 1. The Morgan fingerprint density at radius 2 is 2.00 bits per heavy atom. The smallest absolute Gasteiger partial charge is 0.127 e. The predicted molar refractivity (Wildman–Crippen MR) is 93.1 cm³/mol. The van der Waals surface area contributed by atoms with Crippen LogP contribution in [0.4, 0.5) is 0 Å². The zero-order valence-corrected chi connectivity index (χ0v) is 15.0. The number of aromatic hydroxyl groups is 1. The van der Waals surface area contributed by atoms with Crippen LogP contribution >= 0.6 is 0 Å². The first kappa shape index (κ1) is 15.4. The molecule has 0 aromatic heterocycles. The molecule has 1 aliphatic heterocycles. The highest BCUT2D eigenvalue weighted by Crippen LogP contribution is 2.74. The molecular formula is C21H30O2. The van der Waals surface area contributed by atoms with Gasteiger partial charge in [0.1, 0.15) is 17.1 Å². The highest BCUT2D eigenvalue weighted by atomic mass is 16.5. The van der Waals surface area contributed by atoms with Crippen molar-refractivity contribution in [2.75, 3.05) is 0 Å². The van der Waals surface area contributed by atoms with E-state index in [2.05, 4.69) is 33.8 Å². The lowest BCUT2D eigenvalue weighted by Crippen LogP contribution is -2.59. The second-order valence-electron chi connectivity index (χ2n) is 8.87. The minimum Gasteiger partial charge on any atom is -0.508 e. The van der Waals surface area contributed by atoms with E-state index in [0.717, 1.165) is 30.1 Å². The van der Waals surface area contributed by atoms with Gasteiger partial charge in [0.15, 0.2) is 0 Å². The van der Waals surface area contributed by atoms with Crippen molar-refractivity contribution in [1.29, 1.82) is 0 Å². The summed E-state index contributed by atoms with van der Waals surface area (Å²) in [6.07, 6.45) is 7.12. The van der Waals surface area contributed by atoms with Gasteiger partial charge in [0, 0.05) is 17.4 Å². The van der Waals surface area contributed by atoms with Crippen LogP contribution in [0.1, 0.15) is 76.8 Å². The quantitative estimate of drug-likeness (QED) is 0.751. The number of hydrogen-bond donors (Lipinski definition) is 1. The molecule has 0 radical (unpaired) electrons. The molecule has 1 aromatic carbocycles. The molecule has 23 heavy (non-hydrogen) atoms. The third kappa shape index (κ3) is 1.99. The molecule has 1 heterocycles. The fourth-order valence-electron chi connectivity index (χ4n) is 5.92. The van der Waals surface area contributed by atoms with Crippen molar-refractivity contribution in [3.05, 3.63) is 23.3 Å². The van der Waals surface area contributed by atoms with Crippen LogP contribution in [0.5, 0.6) is 11.5 Å². The Kier molecular flexibility index (Phi) is 3.28. The van der Waals surface area contributed by atoms with E-state index in [-0.39, 0.29) is 11.0 Å². The van der Waals surface area contributed by atoms with Crippen LogP contribution in [-0.2, 0) is 6.42 Å². The van der Waals surface area contributed by atoms with Crippen LogP contribution < -0.4 is 4.74 Å². The average molecular weight is 314 g/mol. The molecule has 0 bridgehead atoms. The standard InChI is InChI=1S/C21H30O2/c1-5-6-7-8-13-11-15(22)17-16(12-13)23-21(4)10-9-14-18(21)19(17)20(14,2)3/h11-12,14,18-19,22H,5-10H2,1-4H3/t14?,18-,19-,21?/m1/s1. The molecule has 2 unspecified atom stereocenters. The zero-order chi connectivity index (χ0) is 16.4. The highest BCUT2D eigenvalue weighted by molar-refractivity contribution is 5.55. The van der Waals surface area contributed by atoms with Gasteiger partial charge in [-0.3, -0.25) is 0 Å². The first-order valence-electron chi connectivity index (χ1n) is 9.43. The van der Waals surface area contributed by atoms with Gasteiger partial charge in [-0.15, -0.1) is 0 Å². The molecule has 2 nitrogen and oxygen atoms in total. The number of unbranched alkanes of at least 4 members (excludes halogenated alkanes) is 2. The molecule has 0 amide bonds. The Hall–Kier alpha value is -1.18. The summed E-state index contributed by atoms with van der Waals surface area (Å²) < 4.78 is 6.51. The van der Waals surface area contributed by atoms with Crippen molar-refractivity contribution < 1.29 is 9.84 Å². The summed E-state index contributed by atoms with van der Waals surface area (Å²) in [6, 6.07) is 4.22. The predicted octanol–water partition coefficient (Wildman–Crippen LogP) is 5.43. The van der Waals surface area contributed by atoms with Crippen molar-refractivity contribution in [2.45, 2.75) is 77.7 Å². The Labute approximate surface area is 140 Å². The molecule has 126 valence electrons. The van der Waals surface area contributed by atoms with Gasteiger partial charge in [-0.25, -0.2) is 0 Å². The van der Waals surface area contributed by atoms with Crippen LogP contribution in [-0.4, -0.2) is 10.7 Å². The number of ether oxygens (including phenoxy) is 1. The molecule has 0 saturated heterocycles. The summed E-state index contributed by atoms with van der Waals surface area (Å²) in [5, 5.41) is 10.7. The van der Waals surface area contributed by atoms with E-state index in [1.54, 1.807) is 0 Å². The fourth-order valence-corrected chi connectivity index (χ4v) is 5.92. The first-order valence-corrected chi connectivity index (χ1v) is 9.43. The maximum Gasteiger partial charge on any atom is 0.127 e. The van der Waals surface area contributed by atoms with E-state index in [0.29, 0.717) is 17.6 Å². The van der Waals surface area contributed by atoms with E-state index < -0.39 is 0 Å². The SMILES string of the molecule is CCCCCc1cc(O)c2c(c1)OC1(C)CCC3[C@@H]1[C@@H]2C3(C)C. The summed E-state index contributed by atoms with van der Waals surface area (Å²) in [4.78, 5) is 0. The van der Waals surface area contributed by atoms with Gasteiger partial charge in [-0.05, 0) is 61.6 Å². The number of phenols is 1. The first-order chi connectivity index (χ1) is 10.9. The minimum atomic E-state index is -0.0215. The van der Waals surface area contributed by atoms with Crippen molar-refractivity contribution in [3.8, 4) is 11.5 Å². The Morgan fingerprint density at radius 1 is 1.22 bits per heavy atom. The van der Waals surface area contributed by atoms with E-state index in [1.807, 2.05) is 6.07 Å². The molecule has 2 fully saturated rings. The Morgan fingerprint density at radius 3 is 2.74 bits per heavy atom. The molecular weight excluding hydrogens is 284 g/mol. The van der Waals surface area contributed by atoms with E-state index in [9.17, 15) is 5.11 Å². The molecule has 2 saturated carbocycles. The molecule has 3 aliphatic rings. The monoisotopic (exact) mass is 314 g/mol. The van der Waals surface area contributed by atoms with Crippen LogP contribution in [0.15, 0.2) is 12.1 Å². The largest absolute Gasteiger partial charge is 0.508 e. The summed E-state index contributed by atoms with van der Waals surface area (Å²) in [7, 11) is 0. The van der Waals surface area contributed by atoms with Gasteiger partial charge in [0.05, 0.1) is 0 Å². The topological polar surface area (TPSA) is 29.5 Å². The van der Waals surface area contributed by atoms with Crippen LogP contribution in [0.25, 0.3) is 0 Å². The third-order valence-corrected chi connectivity index (χ3v) is 7.11. The Bertz CT molecular complexity index is 633. The summed E-state index contributed by atoms with van der Waals surface area (Å²) in [5.41, 5.74) is 2.58. The maximum atomic E-state index is 10.7. The van der Waals surface area contributed by atoms with Gasteiger partial charge >= 0.3 is 0 Å². The lowest BCUT2D eigenvalue weighted by molar-refractivity contribution is -0.121. The lowest BCUT2D eigenvalue weighted by Gasteiger charge is -2.62. The molecule has 2 heteroatoms. The molecule has 1 N–H and O–H groups in total. The maximum absolute atomic E-state index is 10.7. The van der Waals surface area contributed by atoms with Crippen LogP contribution in [0, 0.1) is 17.3 Å². The lowest BCUT2D eigenvalue weighted by atomic mass is 9.45. The van der Waals surface area contributed by atoms with Gasteiger partial charge < -0.3 is 9.84 Å². The normalized spacial score (nSPS) is 35.9. The number of aryl methyl sites for hydroxylation is 1. The van der Waals surface area contributed by atoms with Crippen molar-refractivity contribution in [1.82, 2.24) is 0 Å². The van der Waals surface area contributed by atoms with Crippen molar-refractivity contribution in [2.24, 2.45) is 17.3 Å². The summed E-state index contributed by atoms with van der Waals surface area (Å²) in [5.74, 6) is 3.22. The van der Waals surface area contributed by atoms with Crippen LogP contribution in [0.2, 0.25) is 0 Å². The molecule has 0 spiro atoms. The Balaban J connectivity index is 1.73. The van der Waals surface area contributed by atoms with E-state index in [4.69, 9.17) is 4.74 Å². The highest BCUT2D eigenvalue weighted by Gasteiger charge is 2.69. The van der Waals surface area contributed by atoms with Crippen molar-refractivity contribution in [3.63, 3.8) is 0 Å². The zero-order valence-electron chi connectivity index (χ0n) is 15.0. The average Bonchev–Trinajstić information content (AvgIpc) is 2.81. The minimum absolute atomic E-state index is 0.0215. The van der Waals surface area contributed by atoms with E-state index in [1.165, 1.54) is 31.2 Å². The van der Waals surface area contributed by atoms with Gasteiger partial charge in [-0.1, -0.05) is 33.6 Å². The molecule has 1 aromatic rings. The number of hydrogen-bond acceptors (Lipinski definition) is 2. The molecule has 2 aliphatic carbocycles. The summed E-state index contributed by atoms with van der Waals surface area (Å²) in [6.45, 7) is 9.29. The second kappa shape index (κ2) is 4.91. The fraction of sp³-hybridized carbons (Fsp3) is 0.714.